The molecule has 0 unspecified atom stereocenters. The molecule has 60 valence electrons. The van der Waals surface area contributed by atoms with Crippen LogP contribution in [0.15, 0.2) is 0 Å². The Labute approximate surface area is 63.0 Å². The van der Waals surface area contributed by atoms with E-state index in [9.17, 15) is 0 Å². The summed E-state index contributed by atoms with van der Waals surface area (Å²) in [4.78, 5) is 0. The van der Waals surface area contributed by atoms with Crippen LogP contribution in [0.5, 0.6) is 0 Å². The van der Waals surface area contributed by atoms with Crippen molar-refractivity contribution in [3.63, 3.8) is 0 Å². The highest BCUT2D eigenvalue weighted by Crippen LogP contribution is 2.12. The Hall–Kier alpha value is -0.0800. The molecule has 1 rings (SSSR count). The first-order chi connectivity index (χ1) is 4.61. The Balaban J connectivity index is 2.46. The highest BCUT2D eigenvalue weighted by atomic mass is 16.5. The third kappa shape index (κ3) is 1.50. The number of rotatable bonds is 0. The summed E-state index contributed by atoms with van der Waals surface area (Å²) < 4.78 is 5.65. The first-order valence-electron chi connectivity index (χ1n) is 4.02. The number of nitrogens with one attached hydrogen (secondary N) is 1. The molecule has 10 heavy (non-hydrogen) atoms. The van der Waals surface area contributed by atoms with Crippen molar-refractivity contribution in [2.24, 2.45) is 0 Å². The van der Waals surface area contributed by atoms with Crippen LogP contribution in [0.3, 0.4) is 0 Å². The average Bonchev–Trinajstić information content (AvgIpc) is 1.84. The van der Waals surface area contributed by atoms with Crippen LogP contribution < -0.4 is 5.32 Å². The van der Waals surface area contributed by atoms with Crippen molar-refractivity contribution in [2.75, 3.05) is 0 Å². The van der Waals surface area contributed by atoms with Gasteiger partial charge in [-0.15, -0.1) is 0 Å². The fourth-order valence-electron chi connectivity index (χ4n) is 1.26. The lowest BCUT2D eigenvalue weighted by molar-refractivity contribution is -0.0620. The topological polar surface area (TPSA) is 21.3 Å². The lowest BCUT2D eigenvalue weighted by atomic mass is 10.1. The predicted octanol–water partition coefficient (Wildman–Crippen LogP) is 1.16. The quantitative estimate of drug-likeness (QED) is 0.549. The summed E-state index contributed by atoms with van der Waals surface area (Å²) in [5.41, 5.74) is 0. The molecule has 0 radical (unpaired) electrons. The second-order valence-electron chi connectivity index (χ2n) is 3.29. The van der Waals surface area contributed by atoms with Crippen LogP contribution in [-0.4, -0.2) is 24.3 Å². The van der Waals surface area contributed by atoms with Gasteiger partial charge in [0.1, 0.15) is 0 Å². The Bertz CT molecular complexity index is 89.8. The van der Waals surface area contributed by atoms with Crippen molar-refractivity contribution >= 4 is 0 Å². The van der Waals surface area contributed by atoms with Gasteiger partial charge in [0.2, 0.25) is 0 Å². The van der Waals surface area contributed by atoms with E-state index < -0.39 is 0 Å². The zero-order chi connectivity index (χ0) is 7.72. The molecule has 0 spiro atoms. The number of hydrogen-bond acceptors (Lipinski definition) is 2. The maximum atomic E-state index is 5.65. The maximum absolute atomic E-state index is 5.65. The molecule has 1 aliphatic rings. The van der Waals surface area contributed by atoms with E-state index in [4.69, 9.17) is 4.74 Å². The molecular formula is C8H17NO. The van der Waals surface area contributed by atoms with E-state index in [1.807, 2.05) is 0 Å². The number of morpholine rings is 1. The Morgan fingerprint density at radius 1 is 0.900 bits per heavy atom. The highest BCUT2D eigenvalue weighted by Gasteiger charge is 2.26. The molecule has 0 saturated carbocycles. The molecule has 0 amide bonds. The lowest BCUT2D eigenvalue weighted by Gasteiger charge is -2.37. The minimum Gasteiger partial charge on any atom is -0.372 e. The van der Waals surface area contributed by atoms with Gasteiger partial charge in [-0.1, -0.05) is 0 Å². The minimum absolute atomic E-state index is 0.353. The van der Waals surface area contributed by atoms with Crippen LogP contribution >= 0.6 is 0 Å². The molecule has 1 aliphatic heterocycles. The minimum atomic E-state index is 0.353. The fraction of sp³-hybridized carbons (Fsp3) is 1.00. The van der Waals surface area contributed by atoms with E-state index in [2.05, 4.69) is 33.0 Å². The molecule has 2 nitrogen and oxygen atoms in total. The molecule has 0 aliphatic carbocycles. The van der Waals surface area contributed by atoms with Gasteiger partial charge in [-0.05, 0) is 27.7 Å². The molecule has 0 aromatic heterocycles. The summed E-state index contributed by atoms with van der Waals surface area (Å²) >= 11 is 0. The lowest BCUT2D eigenvalue weighted by Crippen LogP contribution is -2.54. The maximum Gasteiger partial charge on any atom is 0.0701 e. The largest absolute Gasteiger partial charge is 0.372 e. The van der Waals surface area contributed by atoms with E-state index in [1.165, 1.54) is 0 Å². The SMILES string of the molecule is C[C@@H]1N[C@H](C)[C@@H](C)O[C@@H]1C. The van der Waals surface area contributed by atoms with Gasteiger partial charge >= 0.3 is 0 Å². The van der Waals surface area contributed by atoms with Crippen molar-refractivity contribution in [3.8, 4) is 0 Å². The van der Waals surface area contributed by atoms with Crippen LogP contribution in [-0.2, 0) is 4.74 Å². The van der Waals surface area contributed by atoms with Crippen LogP contribution in [0.25, 0.3) is 0 Å². The first-order valence-corrected chi connectivity index (χ1v) is 4.02. The van der Waals surface area contributed by atoms with Gasteiger partial charge in [-0.25, -0.2) is 0 Å². The third-order valence-electron chi connectivity index (χ3n) is 2.36. The van der Waals surface area contributed by atoms with Crippen LogP contribution in [0.2, 0.25) is 0 Å². The summed E-state index contributed by atoms with van der Waals surface area (Å²) in [6, 6.07) is 0.984. The van der Waals surface area contributed by atoms with Gasteiger partial charge in [0.15, 0.2) is 0 Å². The van der Waals surface area contributed by atoms with Crippen LogP contribution in [0.1, 0.15) is 27.7 Å². The fourth-order valence-corrected chi connectivity index (χ4v) is 1.26. The van der Waals surface area contributed by atoms with E-state index in [-0.39, 0.29) is 0 Å². The molecule has 1 N–H and O–H groups in total. The second-order valence-corrected chi connectivity index (χ2v) is 3.29. The Morgan fingerprint density at radius 3 is 1.60 bits per heavy atom. The molecule has 0 aromatic rings. The van der Waals surface area contributed by atoms with Crippen molar-refractivity contribution in [1.82, 2.24) is 5.32 Å². The summed E-state index contributed by atoms with van der Waals surface area (Å²) in [5, 5.41) is 3.45. The van der Waals surface area contributed by atoms with E-state index in [0.717, 1.165) is 0 Å². The highest BCUT2D eigenvalue weighted by molar-refractivity contribution is 4.82. The summed E-state index contributed by atoms with van der Waals surface area (Å²) in [6.07, 6.45) is 0.706. The summed E-state index contributed by atoms with van der Waals surface area (Å²) in [6.45, 7) is 8.54. The van der Waals surface area contributed by atoms with Gasteiger partial charge in [-0.2, -0.15) is 0 Å². The molecule has 1 heterocycles. The van der Waals surface area contributed by atoms with Crippen LogP contribution in [0.4, 0.5) is 0 Å². The summed E-state index contributed by atoms with van der Waals surface area (Å²) in [5.74, 6) is 0. The zero-order valence-corrected chi connectivity index (χ0v) is 7.22. The van der Waals surface area contributed by atoms with Crippen molar-refractivity contribution < 1.29 is 4.74 Å². The number of ether oxygens (including phenoxy) is 1. The molecule has 1 fully saturated rings. The zero-order valence-electron chi connectivity index (χ0n) is 7.22. The van der Waals surface area contributed by atoms with E-state index in [0.29, 0.717) is 24.3 Å². The van der Waals surface area contributed by atoms with Gasteiger partial charge in [0, 0.05) is 12.1 Å². The molecule has 0 aromatic carbocycles. The molecule has 1 saturated heterocycles. The van der Waals surface area contributed by atoms with Gasteiger partial charge in [0.25, 0.3) is 0 Å². The average molecular weight is 143 g/mol. The first kappa shape index (κ1) is 8.02. The third-order valence-corrected chi connectivity index (χ3v) is 2.36. The number of hydrogen-bond donors (Lipinski definition) is 1. The van der Waals surface area contributed by atoms with Gasteiger partial charge < -0.3 is 10.1 Å². The molecular weight excluding hydrogens is 126 g/mol. The summed E-state index contributed by atoms with van der Waals surface area (Å²) in [7, 11) is 0. The van der Waals surface area contributed by atoms with Crippen molar-refractivity contribution in [1.29, 1.82) is 0 Å². The monoisotopic (exact) mass is 143 g/mol. The van der Waals surface area contributed by atoms with E-state index >= 15 is 0 Å². The molecule has 0 bridgehead atoms. The van der Waals surface area contributed by atoms with Gasteiger partial charge in [-0.3, -0.25) is 0 Å². The Morgan fingerprint density at radius 2 is 1.30 bits per heavy atom. The van der Waals surface area contributed by atoms with Gasteiger partial charge in [0.05, 0.1) is 12.2 Å². The normalized spacial score (nSPS) is 49.2. The van der Waals surface area contributed by atoms with Crippen molar-refractivity contribution in [3.05, 3.63) is 0 Å². The molecule has 4 atom stereocenters. The second kappa shape index (κ2) is 2.89. The van der Waals surface area contributed by atoms with Crippen LogP contribution in [0, 0.1) is 0 Å². The standard InChI is InChI=1S/C8H17NO/c1-5-7(3)10-8(4)6(2)9-5/h5-9H,1-4H3/t5-,6+,7-,8-/m1/s1. The van der Waals surface area contributed by atoms with E-state index in [1.54, 1.807) is 0 Å². The van der Waals surface area contributed by atoms with Crippen molar-refractivity contribution in [2.45, 2.75) is 52.0 Å². The predicted molar refractivity (Wildman–Crippen MR) is 42.1 cm³/mol. The Kier molecular flexibility index (Phi) is 2.32. The molecule has 2 heteroatoms. The smallest absolute Gasteiger partial charge is 0.0701 e.